The zero-order valence-electron chi connectivity index (χ0n) is 6.96. The Labute approximate surface area is 88.6 Å². The molecule has 0 aromatic heterocycles. The summed E-state index contributed by atoms with van der Waals surface area (Å²) in [5, 5.41) is 0. The van der Waals surface area contributed by atoms with Crippen LogP contribution >= 0.6 is 0 Å². The molecule has 1 aromatic carbocycles. The number of rotatable bonds is 1. The first-order valence-electron chi connectivity index (χ1n) is 3.98. The van der Waals surface area contributed by atoms with E-state index in [4.69, 9.17) is 0 Å². The standard InChI is InChI=1S/C11H11.Ti/c1-2-9-7-8-10-5-3-4-6-11(9)10;/h3-9H,1-2H2;/q-1;. The summed E-state index contributed by atoms with van der Waals surface area (Å²) in [6.45, 7) is 3.92. The fraction of sp³-hybridized carbons (Fsp3) is 0.182. The van der Waals surface area contributed by atoms with Gasteiger partial charge >= 0.3 is 0 Å². The molecule has 0 amide bonds. The molecule has 12 heavy (non-hydrogen) atoms. The first-order valence-corrected chi connectivity index (χ1v) is 3.98. The Morgan fingerprint density at radius 1 is 1.25 bits per heavy atom. The van der Waals surface area contributed by atoms with Crippen molar-refractivity contribution in [2.75, 3.05) is 0 Å². The fourth-order valence-corrected chi connectivity index (χ4v) is 1.58. The van der Waals surface area contributed by atoms with Gasteiger partial charge in [-0.05, 0) is 17.0 Å². The van der Waals surface area contributed by atoms with E-state index in [0.29, 0.717) is 5.92 Å². The minimum absolute atomic E-state index is 0. The minimum Gasteiger partial charge on any atom is -0.342 e. The van der Waals surface area contributed by atoms with Gasteiger partial charge < -0.3 is 6.92 Å². The summed E-state index contributed by atoms with van der Waals surface area (Å²) >= 11 is 0. The van der Waals surface area contributed by atoms with Crippen LogP contribution in [0.5, 0.6) is 0 Å². The summed E-state index contributed by atoms with van der Waals surface area (Å²) in [5.41, 5.74) is 2.80. The van der Waals surface area contributed by atoms with E-state index in [2.05, 4.69) is 43.3 Å². The van der Waals surface area contributed by atoms with E-state index in [1.807, 2.05) is 0 Å². The quantitative estimate of drug-likeness (QED) is 0.472. The van der Waals surface area contributed by atoms with Crippen molar-refractivity contribution >= 4 is 6.08 Å². The van der Waals surface area contributed by atoms with Crippen molar-refractivity contribution in [3.8, 4) is 0 Å². The molecule has 0 heterocycles. The molecule has 0 nitrogen and oxygen atoms in total. The molecule has 0 N–H and O–H groups in total. The number of hydrogen-bond acceptors (Lipinski definition) is 0. The van der Waals surface area contributed by atoms with E-state index in [0.717, 1.165) is 6.42 Å². The molecular formula is C11H11Ti-. The number of allylic oxidation sites excluding steroid dienone is 1. The van der Waals surface area contributed by atoms with Crippen LogP contribution in [0.25, 0.3) is 6.08 Å². The molecule has 0 radical (unpaired) electrons. The van der Waals surface area contributed by atoms with Gasteiger partial charge in [0.15, 0.2) is 0 Å². The zero-order chi connectivity index (χ0) is 7.68. The second-order valence-corrected chi connectivity index (χ2v) is 2.88. The molecule has 1 aliphatic rings. The third-order valence-corrected chi connectivity index (χ3v) is 2.21. The van der Waals surface area contributed by atoms with E-state index in [9.17, 15) is 0 Å². The van der Waals surface area contributed by atoms with Gasteiger partial charge in [-0.3, -0.25) is 0 Å². The summed E-state index contributed by atoms with van der Waals surface area (Å²) in [5.74, 6) is 0.561. The van der Waals surface area contributed by atoms with Crippen molar-refractivity contribution in [2.24, 2.45) is 0 Å². The van der Waals surface area contributed by atoms with Gasteiger partial charge in [-0.1, -0.05) is 36.4 Å². The van der Waals surface area contributed by atoms with Crippen LogP contribution in [0.2, 0.25) is 0 Å². The van der Waals surface area contributed by atoms with Crippen LogP contribution in [0.4, 0.5) is 0 Å². The molecule has 0 saturated carbocycles. The van der Waals surface area contributed by atoms with Gasteiger partial charge in [0.2, 0.25) is 0 Å². The summed E-state index contributed by atoms with van der Waals surface area (Å²) in [6.07, 6.45) is 5.39. The van der Waals surface area contributed by atoms with E-state index in [1.54, 1.807) is 0 Å². The van der Waals surface area contributed by atoms with E-state index >= 15 is 0 Å². The molecule has 1 aromatic rings. The molecule has 1 aliphatic carbocycles. The Hall–Kier alpha value is -0.326. The van der Waals surface area contributed by atoms with Crippen molar-refractivity contribution in [2.45, 2.75) is 12.3 Å². The molecule has 1 atom stereocenters. The zero-order valence-corrected chi connectivity index (χ0v) is 8.52. The minimum atomic E-state index is 0. The SMILES string of the molecule is [CH2-]CC1C=Cc2ccccc21.[Ti]. The number of benzene rings is 1. The van der Waals surface area contributed by atoms with Gasteiger partial charge in [0.1, 0.15) is 0 Å². The molecule has 1 unspecified atom stereocenters. The van der Waals surface area contributed by atoms with Crippen molar-refractivity contribution in [1.29, 1.82) is 0 Å². The first-order chi connectivity index (χ1) is 5.42. The van der Waals surface area contributed by atoms with Crippen molar-refractivity contribution < 1.29 is 21.7 Å². The van der Waals surface area contributed by atoms with Crippen LogP contribution in [0.15, 0.2) is 30.3 Å². The molecule has 1 heteroatoms. The Kier molecular flexibility index (Phi) is 3.31. The second-order valence-electron chi connectivity index (χ2n) is 2.88. The van der Waals surface area contributed by atoms with E-state index in [1.165, 1.54) is 11.1 Å². The molecule has 2 rings (SSSR count). The molecule has 0 bridgehead atoms. The summed E-state index contributed by atoms with van der Waals surface area (Å²) in [6, 6.07) is 8.51. The van der Waals surface area contributed by atoms with Crippen LogP contribution in [0, 0.1) is 6.92 Å². The molecule has 0 fully saturated rings. The molecule has 0 saturated heterocycles. The van der Waals surface area contributed by atoms with E-state index < -0.39 is 0 Å². The van der Waals surface area contributed by atoms with Crippen molar-refractivity contribution in [3.05, 3.63) is 48.4 Å². The predicted octanol–water partition coefficient (Wildman–Crippen LogP) is 3.02. The Morgan fingerprint density at radius 3 is 2.75 bits per heavy atom. The van der Waals surface area contributed by atoms with Crippen LogP contribution in [0.1, 0.15) is 23.5 Å². The van der Waals surface area contributed by atoms with Gasteiger partial charge in [0.05, 0.1) is 0 Å². The predicted molar refractivity (Wildman–Crippen MR) is 48.2 cm³/mol. The van der Waals surface area contributed by atoms with Gasteiger partial charge in [-0.2, -0.15) is 6.42 Å². The van der Waals surface area contributed by atoms with Crippen LogP contribution in [0.3, 0.4) is 0 Å². The Bertz CT molecular complexity index is 289. The largest absolute Gasteiger partial charge is 0.342 e. The average molecular weight is 191 g/mol. The Morgan fingerprint density at radius 2 is 2.00 bits per heavy atom. The number of fused-ring (bicyclic) bond motifs is 1. The van der Waals surface area contributed by atoms with Crippen molar-refractivity contribution in [1.82, 2.24) is 0 Å². The monoisotopic (exact) mass is 191 g/mol. The first kappa shape index (κ1) is 9.76. The molecule has 0 spiro atoms. The maximum Gasteiger partial charge on any atom is 0 e. The second kappa shape index (κ2) is 4.07. The Balaban J connectivity index is 0.000000720. The van der Waals surface area contributed by atoms with E-state index in [-0.39, 0.29) is 21.7 Å². The van der Waals surface area contributed by atoms with Gasteiger partial charge in [0.25, 0.3) is 0 Å². The van der Waals surface area contributed by atoms with Gasteiger partial charge in [-0.25, -0.2) is 0 Å². The molecule has 0 aliphatic heterocycles. The number of hydrogen-bond donors (Lipinski definition) is 0. The van der Waals surface area contributed by atoms with Gasteiger partial charge in [-0.15, -0.1) is 0 Å². The maximum absolute atomic E-state index is 3.92. The summed E-state index contributed by atoms with van der Waals surface area (Å²) < 4.78 is 0. The molecular weight excluding hydrogens is 180 g/mol. The van der Waals surface area contributed by atoms with Gasteiger partial charge in [0, 0.05) is 21.7 Å². The summed E-state index contributed by atoms with van der Waals surface area (Å²) in [7, 11) is 0. The average Bonchev–Trinajstić information content (AvgIpc) is 2.47. The summed E-state index contributed by atoms with van der Waals surface area (Å²) in [4.78, 5) is 0. The molecule has 60 valence electrons. The third kappa shape index (κ3) is 1.55. The normalized spacial score (nSPS) is 18.6. The maximum atomic E-state index is 3.92. The van der Waals surface area contributed by atoms with Crippen LogP contribution < -0.4 is 0 Å². The van der Waals surface area contributed by atoms with Crippen LogP contribution in [-0.2, 0) is 21.7 Å². The van der Waals surface area contributed by atoms with Crippen molar-refractivity contribution in [3.63, 3.8) is 0 Å². The fourth-order valence-electron chi connectivity index (χ4n) is 1.58. The topological polar surface area (TPSA) is 0 Å². The van der Waals surface area contributed by atoms with Crippen LogP contribution in [-0.4, -0.2) is 0 Å². The smallest absolute Gasteiger partial charge is 0 e. The third-order valence-electron chi connectivity index (χ3n) is 2.21.